The van der Waals surface area contributed by atoms with E-state index in [0.717, 1.165) is 12.8 Å². The molecule has 0 saturated heterocycles. The van der Waals surface area contributed by atoms with E-state index in [4.69, 9.17) is 15.2 Å². The molecule has 1 amide bonds. The summed E-state index contributed by atoms with van der Waals surface area (Å²) in [6, 6.07) is 3.40. The minimum absolute atomic E-state index is 0.0167. The lowest BCUT2D eigenvalue weighted by atomic mass is 10.1. The van der Waals surface area contributed by atoms with Crippen molar-refractivity contribution >= 4 is 17.3 Å². The van der Waals surface area contributed by atoms with Crippen molar-refractivity contribution in [2.24, 2.45) is 11.8 Å². The molecule has 96 valence electrons. The van der Waals surface area contributed by atoms with E-state index in [1.54, 1.807) is 12.1 Å². The van der Waals surface area contributed by atoms with Gasteiger partial charge in [-0.15, -0.1) is 0 Å². The first kappa shape index (κ1) is 11.2. The van der Waals surface area contributed by atoms with Gasteiger partial charge in [0.15, 0.2) is 11.5 Å². The summed E-state index contributed by atoms with van der Waals surface area (Å²) in [7, 11) is 0. The number of carbonyl (C=O) groups excluding carboxylic acids is 1. The molecule has 0 spiro atoms. The molecule has 18 heavy (non-hydrogen) atoms. The predicted octanol–water partition coefficient (Wildman–Crippen LogP) is 1.98. The smallest absolute Gasteiger partial charge is 0.231 e. The molecule has 3 rings (SSSR count). The van der Waals surface area contributed by atoms with Gasteiger partial charge in [-0.3, -0.25) is 4.79 Å². The second-order valence-electron chi connectivity index (χ2n) is 4.91. The summed E-state index contributed by atoms with van der Waals surface area (Å²) in [5, 5.41) is 2.86. The van der Waals surface area contributed by atoms with E-state index in [0.29, 0.717) is 28.8 Å². The van der Waals surface area contributed by atoms with Crippen molar-refractivity contribution in [3.05, 3.63) is 12.1 Å². The van der Waals surface area contributed by atoms with Gasteiger partial charge in [-0.05, 0) is 18.8 Å². The summed E-state index contributed by atoms with van der Waals surface area (Å²) in [6.45, 7) is 2.15. The van der Waals surface area contributed by atoms with E-state index >= 15 is 0 Å². The van der Waals surface area contributed by atoms with Crippen molar-refractivity contribution in [1.82, 2.24) is 0 Å². The number of nitrogens with two attached hydrogens (primary N) is 1. The molecule has 1 fully saturated rings. The average molecular weight is 248 g/mol. The van der Waals surface area contributed by atoms with Crippen LogP contribution in [0.4, 0.5) is 11.4 Å². The molecule has 1 aromatic carbocycles. The summed E-state index contributed by atoms with van der Waals surface area (Å²) >= 11 is 0. The SMILES string of the molecule is CC(C(=O)Nc1cc2c(cc1N)OCO2)C1CC1. The quantitative estimate of drug-likeness (QED) is 0.802. The zero-order chi connectivity index (χ0) is 12.7. The van der Waals surface area contributed by atoms with E-state index in [-0.39, 0.29) is 18.6 Å². The third kappa shape index (κ3) is 1.96. The lowest BCUT2D eigenvalue weighted by Crippen LogP contribution is -2.22. The van der Waals surface area contributed by atoms with Crippen LogP contribution in [0.15, 0.2) is 12.1 Å². The molecule has 2 aliphatic rings. The monoisotopic (exact) mass is 248 g/mol. The number of benzene rings is 1. The van der Waals surface area contributed by atoms with E-state index in [1.165, 1.54) is 0 Å². The van der Waals surface area contributed by atoms with Crippen molar-refractivity contribution in [3.8, 4) is 11.5 Å². The van der Waals surface area contributed by atoms with Gasteiger partial charge in [0.05, 0.1) is 11.4 Å². The number of amides is 1. The van der Waals surface area contributed by atoms with Crippen LogP contribution in [0.3, 0.4) is 0 Å². The molecule has 1 aliphatic carbocycles. The van der Waals surface area contributed by atoms with Crippen LogP contribution in [0.25, 0.3) is 0 Å². The molecular formula is C13H16N2O3. The lowest BCUT2D eigenvalue weighted by molar-refractivity contribution is -0.119. The summed E-state index contributed by atoms with van der Waals surface area (Å²) in [6.07, 6.45) is 2.29. The number of carbonyl (C=O) groups is 1. The van der Waals surface area contributed by atoms with Crippen molar-refractivity contribution in [1.29, 1.82) is 0 Å². The molecule has 0 radical (unpaired) electrons. The fourth-order valence-electron chi connectivity index (χ4n) is 2.12. The molecule has 1 heterocycles. The van der Waals surface area contributed by atoms with Crippen LogP contribution in [0, 0.1) is 11.8 Å². The first-order chi connectivity index (χ1) is 8.65. The van der Waals surface area contributed by atoms with Gasteiger partial charge >= 0.3 is 0 Å². The number of anilines is 2. The highest BCUT2D eigenvalue weighted by Crippen LogP contribution is 2.40. The maximum atomic E-state index is 12.0. The Morgan fingerprint density at radius 1 is 1.39 bits per heavy atom. The molecule has 5 nitrogen and oxygen atoms in total. The Bertz CT molecular complexity index is 497. The number of hydrogen-bond donors (Lipinski definition) is 2. The lowest BCUT2D eigenvalue weighted by Gasteiger charge is -2.13. The van der Waals surface area contributed by atoms with E-state index in [2.05, 4.69) is 5.32 Å². The first-order valence-corrected chi connectivity index (χ1v) is 6.15. The van der Waals surface area contributed by atoms with E-state index < -0.39 is 0 Å². The van der Waals surface area contributed by atoms with Crippen LogP contribution in [-0.2, 0) is 4.79 Å². The summed E-state index contributed by atoms with van der Waals surface area (Å²) < 4.78 is 10.5. The minimum atomic E-state index is 0.0167. The van der Waals surface area contributed by atoms with E-state index in [1.807, 2.05) is 6.92 Å². The largest absolute Gasteiger partial charge is 0.454 e. The minimum Gasteiger partial charge on any atom is -0.454 e. The first-order valence-electron chi connectivity index (χ1n) is 6.15. The number of ether oxygens (including phenoxy) is 2. The number of nitrogen functional groups attached to an aromatic ring is 1. The Labute approximate surface area is 105 Å². The Hall–Kier alpha value is -1.91. The molecular weight excluding hydrogens is 232 g/mol. The van der Waals surface area contributed by atoms with Crippen LogP contribution in [0.2, 0.25) is 0 Å². The second-order valence-corrected chi connectivity index (χ2v) is 4.91. The number of nitrogens with one attached hydrogen (secondary N) is 1. The zero-order valence-electron chi connectivity index (χ0n) is 10.2. The standard InChI is InChI=1S/C13H16N2O3/c1-7(8-2-3-8)13(16)15-10-5-12-11(4-9(10)14)17-6-18-12/h4-5,7-8H,2-3,6,14H2,1H3,(H,15,16). The van der Waals surface area contributed by atoms with Gasteiger partial charge in [0, 0.05) is 18.1 Å². The molecule has 3 N–H and O–H groups in total. The molecule has 1 saturated carbocycles. The van der Waals surface area contributed by atoms with Crippen LogP contribution in [0.5, 0.6) is 11.5 Å². The second kappa shape index (κ2) is 4.08. The molecule has 1 atom stereocenters. The molecule has 1 aliphatic heterocycles. The van der Waals surface area contributed by atoms with Crippen LogP contribution >= 0.6 is 0 Å². The van der Waals surface area contributed by atoms with Gasteiger partial charge in [0.2, 0.25) is 12.7 Å². The number of hydrogen-bond acceptors (Lipinski definition) is 4. The van der Waals surface area contributed by atoms with Crippen molar-refractivity contribution in [2.75, 3.05) is 17.8 Å². The number of fused-ring (bicyclic) bond motifs is 1. The highest BCUT2D eigenvalue weighted by Gasteiger charge is 2.32. The van der Waals surface area contributed by atoms with E-state index in [9.17, 15) is 4.79 Å². The molecule has 1 unspecified atom stereocenters. The summed E-state index contributed by atoms with van der Waals surface area (Å²) in [4.78, 5) is 12.0. The third-order valence-corrected chi connectivity index (χ3v) is 3.55. The maximum absolute atomic E-state index is 12.0. The fourth-order valence-corrected chi connectivity index (χ4v) is 2.12. The van der Waals surface area contributed by atoms with Crippen molar-refractivity contribution < 1.29 is 14.3 Å². The molecule has 0 aromatic heterocycles. The molecule has 1 aromatic rings. The predicted molar refractivity (Wildman–Crippen MR) is 67.5 cm³/mol. The zero-order valence-corrected chi connectivity index (χ0v) is 10.2. The van der Waals surface area contributed by atoms with Gasteiger partial charge in [0.25, 0.3) is 0 Å². The van der Waals surface area contributed by atoms with Gasteiger partial charge in [-0.25, -0.2) is 0 Å². The van der Waals surface area contributed by atoms with Crippen LogP contribution in [-0.4, -0.2) is 12.7 Å². The van der Waals surface area contributed by atoms with Gasteiger partial charge in [0.1, 0.15) is 0 Å². The summed E-state index contributed by atoms with van der Waals surface area (Å²) in [5.41, 5.74) is 6.97. The Kier molecular flexibility index (Phi) is 2.54. The highest BCUT2D eigenvalue weighted by atomic mass is 16.7. The molecule has 0 bridgehead atoms. The van der Waals surface area contributed by atoms with Crippen LogP contribution < -0.4 is 20.5 Å². The third-order valence-electron chi connectivity index (χ3n) is 3.55. The maximum Gasteiger partial charge on any atom is 0.231 e. The summed E-state index contributed by atoms with van der Waals surface area (Å²) in [5.74, 6) is 1.83. The normalized spacial score (nSPS) is 18.5. The average Bonchev–Trinajstić information content (AvgIpc) is 3.10. The Morgan fingerprint density at radius 3 is 2.72 bits per heavy atom. The molecule has 5 heteroatoms. The van der Waals surface area contributed by atoms with Crippen molar-refractivity contribution in [3.63, 3.8) is 0 Å². The van der Waals surface area contributed by atoms with Gasteiger partial charge in [-0.2, -0.15) is 0 Å². The number of rotatable bonds is 3. The van der Waals surface area contributed by atoms with Crippen LogP contribution in [0.1, 0.15) is 19.8 Å². The topological polar surface area (TPSA) is 73.6 Å². The van der Waals surface area contributed by atoms with Gasteiger partial charge in [-0.1, -0.05) is 6.92 Å². The fraction of sp³-hybridized carbons (Fsp3) is 0.462. The Balaban J connectivity index is 1.77. The Morgan fingerprint density at radius 2 is 2.06 bits per heavy atom. The van der Waals surface area contributed by atoms with Gasteiger partial charge < -0.3 is 20.5 Å². The highest BCUT2D eigenvalue weighted by molar-refractivity contribution is 5.96. The van der Waals surface area contributed by atoms with Crippen molar-refractivity contribution in [2.45, 2.75) is 19.8 Å².